The minimum atomic E-state index is -1.04. The highest BCUT2D eigenvalue weighted by Crippen LogP contribution is 2.29. The molecule has 0 N–H and O–H groups in total. The second kappa shape index (κ2) is 5.37. The third-order valence-corrected chi connectivity index (χ3v) is 4.18. The number of nitrogens with zero attached hydrogens (tertiary/aromatic N) is 1. The maximum absolute atomic E-state index is 13.8. The van der Waals surface area contributed by atoms with Crippen molar-refractivity contribution >= 4 is 5.78 Å². The summed E-state index contributed by atoms with van der Waals surface area (Å²) in [4.78, 5) is 14.7. The Labute approximate surface area is 112 Å². The molecule has 1 aliphatic rings. The van der Waals surface area contributed by atoms with Crippen LogP contribution >= 0.6 is 0 Å². The molecule has 1 aromatic carbocycles. The van der Waals surface area contributed by atoms with Gasteiger partial charge in [-0.2, -0.15) is 0 Å². The summed E-state index contributed by atoms with van der Waals surface area (Å²) in [6.45, 7) is 5.42. The Bertz CT molecular complexity index is 483. The fraction of sp³-hybridized carbons (Fsp3) is 0.533. The molecule has 4 heteroatoms. The summed E-state index contributed by atoms with van der Waals surface area (Å²) in [5.41, 5.74) is -0.887. The van der Waals surface area contributed by atoms with Gasteiger partial charge in [0, 0.05) is 0 Å². The molecule has 0 bridgehead atoms. The van der Waals surface area contributed by atoms with E-state index < -0.39 is 17.2 Å². The minimum absolute atomic E-state index is 0.142. The number of rotatable bonds is 4. The Morgan fingerprint density at radius 1 is 1.32 bits per heavy atom. The van der Waals surface area contributed by atoms with Crippen molar-refractivity contribution in [3.63, 3.8) is 0 Å². The van der Waals surface area contributed by atoms with E-state index in [-0.39, 0.29) is 11.3 Å². The van der Waals surface area contributed by atoms with E-state index in [0.29, 0.717) is 6.42 Å². The molecular formula is C15H19F2NO. The number of likely N-dealkylation sites (tertiary alicyclic amines) is 1. The third-order valence-electron chi connectivity index (χ3n) is 4.18. The van der Waals surface area contributed by atoms with Gasteiger partial charge < -0.3 is 0 Å². The van der Waals surface area contributed by atoms with E-state index in [2.05, 4.69) is 4.90 Å². The predicted octanol–water partition coefficient (Wildman–Crippen LogP) is 3.41. The lowest BCUT2D eigenvalue weighted by atomic mass is 9.86. The van der Waals surface area contributed by atoms with Crippen molar-refractivity contribution in [2.24, 2.45) is 0 Å². The number of halogens is 2. The number of hydrogen-bond acceptors (Lipinski definition) is 2. The quantitative estimate of drug-likeness (QED) is 0.779. The van der Waals surface area contributed by atoms with Gasteiger partial charge in [-0.05, 0) is 51.4 Å². The first-order chi connectivity index (χ1) is 9.00. The van der Waals surface area contributed by atoms with Crippen LogP contribution in [0.4, 0.5) is 8.78 Å². The van der Waals surface area contributed by atoms with Crippen LogP contribution in [0, 0.1) is 11.6 Å². The third kappa shape index (κ3) is 2.41. The summed E-state index contributed by atoms with van der Waals surface area (Å²) < 4.78 is 27.1. The van der Waals surface area contributed by atoms with E-state index in [1.807, 2.05) is 13.8 Å². The van der Waals surface area contributed by atoms with E-state index in [4.69, 9.17) is 0 Å². The maximum Gasteiger partial charge on any atom is 0.185 e. The standard InChI is InChI=1S/C15H19F2NO/c1-3-15(2,18-9-4-5-10-18)14(19)11-7-6-8-12(16)13(11)17/h6-8H,3-5,9-10H2,1-2H3. The highest BCUT2D eigenvalue weighted by atomic mass is 19.2. The monoisotopic (exact) mass is 267 g/mol. The largest absolute Gasteiger partial charge is 0.292 e. The Morgan fingerprint density at radius 3 is 2.53 bits per heavy atom. The molecule has 1 atom stereocenters. The van der Waals surface area contributed by atoms with Crippen molar-refractivity contribution in [1.29, 1.82) is 0 Å². The zero-order valence-corrected chi connectivity index (χ0v) is 11.4. The number of Topliss-reactive ketones (excluding diaryl/α,β-unsaturated/α-hetero) is 1. The molecule has 2 rings (SSSR count). The molecule has 0 saturated carbocycles. The van der Waals surface area contributed by atoms with Crippen LogP contribution in [0.25, 0.3) is 0 Å². The van der Waals surface area contributed by atoms with Crippen molar-refractivity contribution in [3.8, 4) is 0 Å². The highest BCUT2D eigenvalue weighted by Gasteiger charge is 2.40. The molecule has 0 amide bonds. The van der Waals surface area contributed by atoms with Crippen molar-refractivity contribution in [2.75, 3.05) is 13.1 Å². The van der Waals surface area contributed by atoms with Gasteiger partial charge in [-0.3, -0.25) is 9.69 Å². The summed E-state index contributed by atoms with van der Waals surface area (Å²) in [5.74, 6) is -2.33. The van der Waals surface area contributed by atoms with Gasteiger partial charge in [0.2, 0.25) is 0 Å². The molecule has 1 unspecified atom stereocenters. The summed E-state index contributed by atoms with van der Waals surface area (Å²) in [6, 6.07) is 3.78. The SMILES string of the molecule is CCC(C)(C(=O)c1cccc(F)c1F)N1CCCC1. The first kappa shape index (κ1) is 14.1. The second-order valence-corrected chi connectivity index (χ2v) is 5.25. The van der Waals surface area contributed by atoms with E-state index in [0.717, 1.165) is 32.0 Å². The first-order valence-corrected chi connectivity index (χ1v) is 6.74. The van der Waals surface area contributed by atoms with Crippen molar-refractivity contribution in [1.82, 2.24) is 4.90 Å². The van der Waals surface area contributed by atoms with Gasteiger partial charge in [0.1, 0.15) is 0 Å². The smallest absolute Gasteiger partial charge is 0.185 e. The molecule has 1 aliphatic heterocycles. The average Bonchev–Trinajstić information content (AvgIpc) is 2.94. The Balaban J connectivity index is 2.37. The maximum atomic E-state index is 13.8. The van der Waals surface area contributed by atoms with Gasteiger partial charge in [0.25, 0.3) is 0 Å². The molecule has 0 spiro atoms. The Morgan fingerprint density at radius 2 is 1.95 bits per heavy atom. The molecule has 1 fully saturated rings. The van der Waals surface area contributed by atoms with Crippen LogP contribution in [0.1, 0.15) is 43.5 Å². The molecule has 104 valence electrons. The molecular weight excluding hydrogens is 248 g/mol. The van der Waals surface area contributed by atoms with Crippen LogP contribution in [0.15, 0.2) is 18.2 Å². The number of benzene rings is 1. The van der Waals surface area contributed by atoms with Crippen molar-refractivity contribution in [3.05, 3.63) is 35.4 Å². The lowest BCUT2D eigenvalue weighted by molar-refractivity contribution is 0.0642. The lowest BCUT2D eigenvalue weighted by Crippen LogP contribution is -2.51. The molecule has 0 aromatic heterocycles. The van der Waals surface area contributed by atoms with Crippen LogP contribution in [0.5, 0.6) is 0 Å². The molecule has 1 aromatic rings. The zero-order valence-electron chi connectivity index (χ0n) is 11.4. The zero-order chi connectivity index (χ0) is 14.0. The Hall–Kier alpha value is -1.29. The average molecular weight is 267 g/mol. The fourth-order valence-electron chi connectivity index (χ4n) is 2.71. The fourth-order valence-corrected chi connectivity index (χ4v) is 2.71. The van der Waals surface area contributed by atoms with Crippen molar-refractivity contribution < 1.29 is 13.6 Å². The van der Waals surface area contributed by atoms with Crippen LogP contribution in [0.2, 0.25) is 0 Å². The van der Waals surface area contributed by atoms with E-state index in [9.17, 15) is 13.6 Å². The minimum Gasteiger partial charge on any atom is -0.292 e. The summed E-state index contributed by atoms with van der Waals surface area (Å²) in [7, 11) is 0. The Kier molecular flexibility index (Phi) is 3.99. The van der Waals surface area contributed by atoms with E-state index in [1.54, 1.807) is 0 Å². The number of hydrogen-bond donors (Lipinski definition) is 0. The van der Waals surface area contributed by atoms with Gasteiger partial charge in [-0.15, -0.1) is 0 Å². The van der Waals surface area contributed by atoms with Gasteiger partial charge in [0.05, 0.1) is 11.1 Å². The number of ketones is 1. The van der Waals surface area contributed by atoms with Crippen molar-refractivity contribution in [2.45, 2.75) is 38.6 Å². The van der Waals surface area contributed by atoms with Crippen LogP contribution < -0.4 is 0 Å². The molecule has 19 heavy (non-hydrogen) atoms. The topological polar surface area (TPSA) is 20.3 Å². The lowest BCUT2D eigenvalue weighted by Gasteiger charge is -2.36. The first-order valence-electron chi connectivity index (χ1n) is 6.74. The molecule has 0 radical (unpaired) electrons. The predicted molar refractivity (Wildman–Crippen MR) is 70.2 cm³/mol. The number of carbonyl (C=O) groups is 1. The molecule has 1 saturated heterocycles. The summed E-state index contributed by atoms with van der Waals surface area (Å²) in [5, 5.41) is 0. The van der Waals surface area contributed by atoms with Gasteiger partial charge in [-0.1, -0.05) is 13.0 Å². The van der Waals surface area contributed by atoms with Crippen LogP contribution in [0.3, 0.4) is 0 Å². The van der Waals surface area contributed by atoms with Gasteiger partial charge in [0.15, 0.2) is 17.4 Å². The van der Waals surface area contributed by atoms with E-state index in [1.165, 1.54) is 12.1 Å². The number of carbonyl (C=O) groups excluding carboxylic acids is 1. The van der Waals surface area contributed by atoms with Crippen LogP contribution in [-0.4, -0.2) is 29.3 Å². The molecule has 2 nitrogen and oxygen atoms in total. The van der Waals surface area contributed by atoms with Gasteiger partial charge in [-0.25, -0.2) is 8.78 Å². The van der Waals surface area contributed by atoms with E-state index >= 15 is 0 Å². The van der Waals surface area contributed by atoms with Crippen LogP contribution in [-0.2, 0) is 0 Å². The summed E-state index contributed by atoms with van der Waals surface area (Å²) >= 11 is 0. The second-order valence-electron chi connectivity index (χ2n) is 5.25. The molecule has 0 aliphatic carbocycles. The molecule has 1 heterocycles. The highest BCUT2D eigenvalue weighted by molar-refractivity contribution is 6.03. The normalized spacial score (nSPS) is 19.4. The summed E-state index contributed by atoms with van der Waals surface area (Å²) in [6.07, 6.45) is 2.69. The van der Waals surface area contributed by atoms with Gasteiger partial charge >= 0.3 is 0 Å².